The Morgan fingerprint density at radius 2 is 1.11 bits per heavy atom. The van der Waals surface area contributed by atoms with Crippen LogP contribution in [0.5, 0.6) is 0 Å². The molecule has 1 heteroatoms. The molecule has 0 aromatic heterocycles. The Morgan fingerprint density at radius 3 is 1.82 bits per heavy atom. The normalized spacial score (nSPS) is 15.5. The van der Waals surface area contributed by atoms with Gasteiger partial charge in [0.25, 0.3) is 0 Å². The van der Waals surface area contributed by atoms with Crippen LogP contribution in [0, 0.1) is 0 Å². The van der Waals surface area contributed by atoms with E-state index in [9.17, 15) is 0 Å². The van der Waals surface area contributed by atoms with Gasteiger partial charge in [-0.1, -0.05) is 0 Å². The molecule has 0 nitrogen and oxygen atoms in total. The summed E-state index contributed by atoms with van der Waals surface area (Å²) in [4.78, 5) is 0. The molecule has 1 unspecified atom stereocenters. The molecule has 0 saturated carbocycles. The molecule has 0 aliphatic heterocycles. The van der Waals surface area contributed by atoms with Crippen molar-refractivity contribution in [1.82, 2.24) is 0 Å². The fourth-order valence-electron chi connectivity index (χ4n) is 4.01. The minimum atomic E-state index is 0.256. The van der Waals surface area contributed by atoms with Crippen LogP contribution in [-0.2, 0) is 0 Å². The molecule has 1 atom stereocenters. The molecule has 0 spiro atoms. The van der Waals surface area contributed by atoms with Crippen molar-refractivity contribution in [1.29, 1.82) is 0 Å². The van der Waals surface area contributed by atoms with Gasteiger partial charge in [-0.05, 0) is 0 Å². The first kappa shape index (κ1) is 17.3. The summed E-state index contributed by atoms with van der Waals surface area (Å²) in [7, 11) is 0. The third-order valence-corrected chi connectivity index (χ3v) is 7.65. The van der Waals surface area contributed by atoms with Crippen LogP contribution in [0.15, 0.2) is 115 Å². The van der Waals surface area contributed by atoms with Crippen LogP contribution in [0.25, 0.3) is 10.0 Å². The standard InChI is InChI=1S/C27H20Se/c1-4-12-20(13-5-1)25-23-18-10-11-19-24(23)27(28-22-16-8-3-9-17-22)26(25)21-14-6-2-7-15-21/h1-19,25H. The van der Waals surface area contributed by atoms with Gasteiger partial charge in [-0.25, -0.2) is 0 Å². The summed E-state index contributed by atoms with van der Waals surface area (Å²) in [5.41, 5.74) is 7.02. The van der Waals surface area contributed by atoms with E-state index in [4.69, 9.17) is 0 Å². The first-order valence-corrected chi connectivity index (χ1v) is 11.3. The summed E-state index contributed by atoms with van der Waals surface area (Å²) in [5.74, 6) is 0.292. The summed E-state index contributed by atoms with van der Waals surface area (Å²) < 4.78 is 2.93. The van der Waals surface area contributed by atoms with Crippen molar-refractivity contribution in [3.8, 4) is 0 Å². The third kappa shape index (κ3) is 3.14. The van der Waals surface area contributed by atoms with E-state index in [1.807, 2.05) is 0 Å². The molecule has 0 N–H and O–H groups in total. The predicted octanol–water partition coefficient (Wildman–Crippen LogP) is 5.73. The van der Waals surface area contributed by atoms with Gasteiger partial charge in [0.05, 0.1) is 0 Å². The number of hydrogen-bond acceptors (Lipinski definition) is 0. The maximum absolute atomic E-state index is 2.31. The van der Waals surface area contributed by atoms with Crippen molar-refractivity contribution in [2.75, 3.05) is 0 Å². The molecular weight excluding hydrogens is 403 g/mol. The Bertz CT molecular complexity index is 1110. The van der Waals surface area contributed by atoms with Crippen molar-refractivity contribution < 1.29 is 0 Å². The van der Waals surface area contributed by atoms with Crippen LogP contribution in [-0.4, -0.2) is 15.0 Å². The molecule has 28 heavy (non-hydrogen) atoms. The van der Waals surface area contributed by atoms with E-state index in [1.165, 1.54) is 36.8 Å². The van der Waals surface area contributed by atoms with Gasteiger partial charge in [0.15, 0.2) is 0 Å². The Kier molecular flexibility index (Phi) is 4.71. The summed E-state index contributed by atoms with van der Waals surface area (Å²) in [6, 6.07) is 41.8. The average Bonchev–Trinajstić information content (AvgIpc) is 3.10. The molecule has 4 aromatic rings. The Labute approximate surface area is 172 Å². The Balaban J connectivity index is 1.76. The van der Waals surface area contributed by atoms with Gasteiger partial charge in [-0.15, -0.1) is 0 Å². The van der Waals surface area contributed by atoms with Crippen LogP contribution < -0.4 is 4.46 Å². The first-order valence-electron chi connectivity index (χ1n) is 9.58. The molecule has 5 rings (SSSR count). The van der Waals surface area contributed by atoms with Crippen molar-refractivity contribution in [3.05, 3.63) is 138 Å². The fraction of sp³-hybridized carbons (Fsp3) is 0.0370. The van der Waals surface area contributed by atoms with Gasteiger partial charge >= 0.3 is 173 Å². The van der Waals surface area contributed by atoms with Gasteiger partial charge in [-0.2, -0.15) is 0 Å². The first-order chi connectivity index (χ1) is 13.9. The van der Waals surface area contributed by atoms with E-state index >= 15 is 0 Å². The molecule has 134 valence electrons. The second-order valence-corrected chi connectivity index (χ2v) is 9.23. The topological polar surface area (TPSA) is 0 Å². The monoisotopic (exact) mass is 424 g/mol. The molecule has 0 amide bonds. The molecule has 0 bridgehead atoms. The van der Waals surface area contributed by atoms with Gasteiger partial charge in [0.2, 0.25) is 0 Å². The molecule has 1 aliphatic rings. The van der Waals surface area contributed by atoms with E-state index < -0.39 is 0 Å². The van der Waals surface area contributed by atoms with E-state index in [0.29, 0.717) is 5.92 Å². The van der Waals surface area contributed by atoms with E-state index in [1.54, 1.807) is 0 Å². The second-order valence-electron chi connectivity index (χ2n) is 6.95. The zero-order chi connectivity index (χ0) is 18.8. The molecule has 1 aliphatic carbocycles. The molecule has 0 heterocycles. The van der Waals surface area contributed by atoms with Gasteiger partial charge < -0.3 is 0 Å². The van der Waals surface area contributed by atoms with Gasteiger partial charge in [-0.3, -0.25) is 0 Å². The molecule has 0 radical (unpaired) electrons. The SMILES string of the molecule is c1ccc([Se]C2=C(c3ccccc3)C(c3ccccc3)c3ccccc32)cc1. The van der Waals surface area contributed by atoms with Gasteiger partial charge in [0.1, 0.15) is 0 Å². The predicted molar refractivity (Wildman–Crippen MR) is 120 cm³/mol. The quantitative estimate of drug-likeness (QED) is 0.368. The zero-order valence-electron chi connectivity index (χ0n) is 15.5. The number of allylic oxidation sites excluding steroid dienone is 1. The van der Waals surface area contributed by atoms with E-state index in [-0.39, 0.29) is 15.0 Å². The maximum atomic E-state index is 2.31. The van der Waals surface area contributed by atoms with Crippen molar-refractivity contribution in [2.45, 2.75) is 5.92 Å². The molecular formula is C27H20Se. The number of hydrogen-bond donors (Lipinski definition) is 0. The van der Waals surface area contributed by atoms with Crippen LogP contribution in [0.3, 0.4) is 0 Å². The molecule has 0 fully saturated rings. The average molecular weight is 423 g/mol. The summed E-state index contributed by atoms with van der Waals surface area (Å²) in [5, 5.41) is 0. The minimum absolute atomic E-state index is 0.256. The summed E-state index contributed by atoms with van der Waals surface area (Å²) >= 11 is 0.256. The fourth-order valence-corrected chi connectivity index (χ4v) is 6.47. The van der Waals surface area contributed by atoms with Crippen LogP contribution in [0.1, 0.15) is 28.2 Å². The van der Waals surface area contributed by atoms with Crippen LogP contribution in [0.4, 0.5) is 0 Å². The molecule has 4 aromatic carbocycles. The number of fused-ring (bicyclic) bond motifs is 1. The molecule has 0 saturated heterocycles. The van der Waals surface area contributed by atoms with Crippen LogP contribution >= 0.6 is 0 Å². The second kappa shape index (κ2) is 7.64. The van der Waals surface area contributed by atoms with Crippen molar-refractivity contribution in [3.63, 3.8) is 0 Å². The number of rotatable bonds is 4. The van der Waals surface area contributed by atoms with Gasteiger partial charge in [0, 0.05) is 0 Å². The van der Waals surface area contributed by atoms with Crippen LogP contribution in [0.2, 0.25) is 0 Å². The Hall–Kier alpha value is -2.86. The summed E-state index contributed by atoms with van der Waals surface area (Å²) in [6.45, 7) is 0. The summed E-state index contributed by atoms with van der Waals surface area (Å²) in [6.07, 6.45) is 0. The van der Waals surface area contributed by atoms with E-state index in [0.717, 1.165) is 0 Å². The number of benzene rings is 4. The van der Waals surface area contributed by atoms with Crippen molar-refractivity contribution >= 4 is 29.5 Å². The Morgan fingerprint density at radius 1 is 0.536 bits per heavy atom. The van der Waals surface area contributed by atoms with E-state index in [2.05, 4.69) is 115 Å². The van der Waals surface area contributed by atoms with Crippen molar-refractivity contribution in [2.24, 2.45) is 0 Å². The zero-order valence-corrected chi connectivity index (χ0v) is 17.2. The third-order valence-electron chi connectivity index (χ3n) is 5.23.